The molecule has 3 aromatic carbocycles. The molecule has 4 rings (SSSR count). The average Bonchev–Trinajstić information content (AvgIpc) is 3.04. The molecule has 1 aliphatic heterocycles. The molecule has 1 heterocycles. The van der Waals surface area contributed by atoms with Gasteiger partial charge in [-0.25, -0.2) is 9.18 Å². The summed E-state index contributed by atoms with van der Waals surface area (Å²) in [6.45, 7) is 1.13. The smallest absolute Gasteiger partial charge is 0.325 e. The van der Waals surface area contributed by atoms with Crippen LogP contribution in [0, 0.1) is 5.82 Å². The Kier molecular flexibility index (Phi) is 6.22. The van der Waals surface area contributed by atoms with Crippen molar-refractivity contribution in [1.82, 2.24) is 15.5 Å². The van der Waals surface area contributed by atoms with Crippen molar-refractivity contribution in [2.24, 2.45) is 0 Å². The molecule has 0 radical (unpaired) electrons. The minimum Gasteiger partial charge on any atom is -0.347 e. The van der Waals surface area contributed by atoms with Crippen LogP contribution in [0.1, 0.15) is 29.7 Å². The Morgan fingerprint density at radius 3 is 2.21 bits per heavy atom. The normalized spacial score (nSPS) is 18.7. The molecule has 0 bridgehead atoms. The van der Waals surface area contributed by atoms with Gasteiger partial charge in [0.2, 0.25) is 5.91 Å². The number of nitrogens with zero attached hydrogens (tertiary/aromatic N) is 1. The lowest BCUT2D eigenvalue weighted by Crippen LogP contribution is -2.44. The molecule has 33 heavy (non-hydrogen) atoms. The molecule has 168 valence electrons. The maximum Gasteiger partial charge on any atom is 0.325 e. The number of hydrogen-bond donors (Lipinski definition) is 2. The summed E-state index contributed by atoms with van der Waals surface area (Å²) in [6, 6.07) is 23.6. The lowest BCUT2D eigenvalue weighted by Gasteiger charge is -2.23. The van der Waals surface area contributed by atoms with Crippen molar-refractivity contribution in [2.75, 3.05) is 6.54 Å². The van der Waals surface area contributed by atoms with E-state index in [4.69, 9.17) is 0 Å². The SMILES string of the molecule is CC1(c2ccc(F)cc2)NC(=O)N(CC(=O)NC(Cc2ccccc2)c2ccccc2)C1=O. The zero-order valence-corrected chi connectivity index (χ0v) is 18.1. The van der Waals surface area contributed by atoms with Gasteiger partial charge in [-0.3, -0.25) is 14.5 Å². The van der Waals surface area contributed by atoms with Crippen LogP contribution in [0.2, 0.25) is 0 Å². The molecule has 3 aromatic rings. The third-order valence-corrected chi connectivity index (χ3v) is 5.82. The number of imide groups is 1. The van der Waals surface area contributed by atoms with Gasteiger partial charge in [-0.2, -0.15) is 0 Å². The van der Waals surface area contributed by atoms with Gasteiger partial charge in [0, 0.05) is 0 Å². The Morgan fingerprint density at radius 1 is 0.970 bits per heavy atom. The molecule has 7 heteroatoms. The molecule has 6 nitrogen and oxygen atoms in total. The molecule has 0 aromatic heterocycles. The Morgan fingerprint density at radius 2 is 1.58 bits per heavy atom. The first-order valence-electron chi connectivity index (χ1n) is 10.7. The number of hydrogen-bond acceptors (Lipinski definition) is 3. The van der Waals surface area contributed by atoms with Gasteiger partial charge in [0.15, 0.2) is 0 Å². The fraction of sp³-hybridized carbons (Fsp3) is 0.192. The number of rotatable bonds is 7. The second kappa shape index (κ2) is 9.24. The van der Waals surface area contributed by atoms with Gasteiger partial charge < -0.3 is 10.6 Å². The summed E-state index contributed by atoms with van der Waals surface area (Å²) in [5, 5.41) is 5.59. The highest BCUT2D eigenvalue weighted by atomic mass is 19.1. The molecule has 1 saturated heterocycles. The summed E-state index contributed by atoms with van der Waals surface area (Å²) >= 11 is 0. The number of carbonyl (C=O) groups is 3. The first-order valence-corrected chi connectivity index (χ1v) is 10.7. The largest absolute Gasteiger partial charge is 0.347 e. The van der Waals surface area contributed by atoms with E-state index in [0.29, 0.717) is 12.0 Å². The monoisotopic (exact) mass is 445 g/mol. The molecule has 0 spiro atoms. The van der Waals surface area contributed by atoms with Crippen LogP contribution in [-0.4, -0.2) is 29.3 Å². The highest BCUT2D eigenvalue weighted by Crippen LogP contribution is 2.29. The molecule has 0 saturated carbocycles. The number of halogens is 1. The van der Waals surface area contributed by atoms with E-state index in [1.54, 1.807) is 6.92 Å². The zero-order chi connectivity index (χ0) is 23.4. The molecule has 2 unspecified atom stereocenters. The first-order chi connectivity index (χ1) is 15.9. The lowest BCUT2D eigenvalue weighted by molar-refractivity contribution is -0.135. The molecule has 2 atom stereocenters. The zero-order valence-electron chi connectivity index (χ0n) is 18.1. The van der Waals surface area contributed by atoms with Crippen molar-refractivity contribution < 1.29 is 18.8 Å². The van der Waals surface area contributed by atoms with Crippen LogP contribution in [0.3, 0.4) is 0 Å². The Hall–Kier alpha value is -4.00. The minimum atomic E-state index is -1.37. The molecule has 1 fully saturated rings. The van der Waals surface area contributed by atoms with E-state index in [0.717, 1.165) is 16.0 Å². The van der Waals surface area contributed by atoms with Crippen LogP contribution in [-0.2, 0) is 21.5 Å². The number of carbonyl (C=O) groups excluding carboxylic acids is 3. The second-order valence-electron chi connectivity index (χ2n) is 8.17. The van der Waals surface area contributed by atoms with Gasteiger partial charge in [-0.1, -0.05) is 72.8 Å². The summed E-state index contributed by atoms with van der Waals surface area (Å²) in [7, 11) is 0. The molecule has 4 amide bonds. The van der Waals surface area contributed by atoms with Gasteiger partial charge >= 0.3 is 6.03 Å². The predicted molar refractivity (Wildman–Crippen MR) is 121 cm³/mol. The van der Waals surface area contributed by atoms with E-state index in [-0.39, 0.29) is 6.04 Å². The Labute approximate surface area is 191 Å². The Balaban J connectivity index is 1.49. The summed E-state index contributed by atoms with van der Waals surface area (Å²) in [6.07, 6.45) is 0.560. The lowest BCUT2D eigenvalue weighted by atomic mass is 9.92. The highest BCUT2D eigenvalue weighted by molar-refractivity contribution is 6.09. The number of urea groups is 1. The average molecular weight is 445 g/mol. The van der Waals surface area contributed by atoms with Crippen LogP contribution in [0.4, 0.5) is 9.18 Å². The van der Waals surface area contributed by atoms with E-state index < -0.39 is 35.7 Å². The van der Waals surface area contributed by atoms with Crippen LogP contribution < -0.4 is 10.6 Å². The van der Waals surface area contributed by atoms with Gasteiger partial charge in [-0.05, 0) is 42.2 Å². The number of benzene rings is 3. The summed E-state index contributed by atoms with van der Waals surface area (Å²) in [5.74, 6) is -1.46. The van der Waals surface area contributed by atoms with E-state index in [2.05, 4.69) is 10.6 Å². The molecule has 1 aliphatic rings. The third-order valence-electron chi connectivity index (χ3n) is 5.82. The van der Waals surface area contributed by atoms with Crippen LogP contribution in [0.25, 0.3) is 0 Å². The maximum absolute atomic E-state index is 13.3. The van der Waals surface area contributed by atoms with Gasteiger partial charge in [0.25, 0.3) is 5.91 Å². The van der Waals surface area contributed by atoms with Crippen molar-refractivity contribution in [3.8, 4) is 0 Å². The summed E-state index contributed by atoms with van der Waals surface area (Å²) < 4.78 is 13.3. The fourth-order valence-corrected chi connectivity index (χ4v) is 3.99. The molecular formula is C26H24FN3O3. The van der Waals surface area contributed by atoms with Gasteiger partial charge in [0.1, 0.15) is 17.9 Å². The van der Waals surface area contributed by atoms with Crippen molar-refractivity contribution in [1.29, 1.82) is 0 Å². The topological polar surface area (TPSA) is 78.5 Å². The van der Waals surface area contributed by atoms with E-state index in [1.807, 2.05) is 60.7 Å². The van der Waals surface area contributed by atoms with E-state index in [1.165, 1.54) is 24.3 Å². The fourth-order valence-electron chi connectivity index (χ4n) is 3.99. The summed E-state index contributed by atoms with van der Waals surface area (Å²) in [5.41, 5.74) is 1.04. The van der Waals surface area contributed by atoms with Crippen LogP contribution >= 0.6 is 0 Å². The standard InChI is InChI=1S/C26H24FN3O3/c1-26(20-12-14-21(27)15-13-20)24(32)30(25(33)29-26)17-23(31)28-22(19-10-6-3-7-11-19)16-18-8-4-2-5-9-18/h2-15,22H,16-17H2,1H3,(H,28,31)(H,29,33). The molecular weight excluding hydrogens is 421 g/mol. The number of amides is 4. The Bertz CT molecular complexity index is 1150. The predicted octanol–water partition coefficient (Wildman–Crippen LogP) is 3.69. The van der Waals surface area contributed by atoms with E-state index in [9.17, 15) is 18.8 Å². The molecule has 2 N–H and O–H groups in total. The third kappa shape index (κ3) is 4.77. The quantitative estimate of drug-likeness (QED) is 0.545. The first kappa shape index (κ1) is 22.2. The van der Waals surface area contributed by atoms with Gasteiger partial charge in [-0.15, -0.1) is 0 Å². The second-order valence-corrected chi connectivity index (χ2v) is 8.17. The van der Waals surface area contributed by atoms with Crippen molar-refractivity contribution in [2.45, 2.75) is 24.9 Å². The van der Waals surface area contributed by atoms with E-state index >= 15 is 0 Å². The van der Waals surface area contributed by atoms with Crippen molar-refractivity contribution >= 4 is 17.8 Å². The van der Waals surface area contributed by atoms with Crippen LogP contribution in [0.15, 0.2) is 84.9 Å². The van der Waals surface area contributed by atoms with Crippen LogP contribution in [0.5, 0.6) is 0 Å². The van der Waals surface area contributed by atoms with Gasteiger partial charge in [0.05, 0.1) is 6.04 Å². The summed E-state index contributed by atoms with van der Waals surface area (Å²) in [4.78, 5) is 39.5. The highest BCUT2D eigenvalue weighted by Gasteiger charge is 2.49. The van der Waals surface area contributed by atoms with Crippen molar-refractivity contribution in [3.63, 3.8) is 0 Å². The maximum atomic E-state index is 13.3. The number of nitrogens with one attached hydrogen (secondary N) is 2. The minimum absolute atomic E-state index is 0.328. The molecule has 0 aliphatic carbocycles. The van der Waals surface area contributed by atoms with Crippen molar-refractivity contribution in [3.05, 3.63) is 107 Å².